The Balaban J connectivity index is 1.51. The number of nitrogens with one attached hydrogen (secondary N) is 2. The Morgan fingerprint density at radius 2 is 2.23 bits per heavy atom. The van der Waals surface area contributed by atoms with Gasteiger partial charge in [-0.1, -0.05) is 11.8 Å². The summed E-state index contributed by atoms with van der Waals surface area (Å²) >= 11 is 3.45. The normalized spacial score (nSPS) is 12.0. The minimum absolute atomic E-state index is 0.682. The molecule has 2 aromatic rings. The SMILES string of the molecule is Cc1[nH]cnc1CSCCN=C(N)SCCCc1cnc[nH]1. The fraction of sp³-hybridized carbons (Fsp3) is 0.500. The van der Waals surface area contributed by atoms with E-state index >= 15 is 0 Å². The quantitative estimate of drug-likeness (QED) is 0.370. The van der Waals surface area contributed by atoms with Gasteiger partial charge in [0.1, 0.15) is 0 Å². The van der Waals surface area contributed by atoms with E-state index in [0.29, 0.717) is 5.17 Å². The fourth-order valence-electron chi connectivity index (χ4n) is 1.83. The largest absolute Gasteiger partial charge is 0.379 e. The van der Waals surface area contributed by atoms with E-state index in [2.05, 4.69) is 24.9 Å². The molecular formula is C14H22N6S2. The lowest BCUT2D eigenvalue weighted by Gasteiger charge is -2.01. The summed E-state index contributed by atoms with van der Waals surface area (Å²) < 4.78 is 0. The van der Waals surface area contributed by atoms with Crippen LogP contribution in [0.5, 0.6) is 0 Å². The van der Waals surface area contributed by atoms with Crippen LogP contribution in [0.4, 0.5) is 0 Å². The van der Waals surface area contributed by atoms with Gasteiger partial charge in [0.2, 0.25) is 0 Å². The van der Waals surface area contributed by atoms with Crippen molar-refractivity contribution in [2.24, 2.45) is 10.7 Å². The number of aliphatic imine (C=N–C) groups is 1. The van der Waals surface area contributed by atoms with Gasteiger partial charge in [-0.2, -0.15) is 11.8 Å². The highest BCUT2D eigenvalue weighted by molar-refractivity contribution is 8.13. The summed E-state index contributed by atoms with van der Waals surface area (Å²) in [6, 6.07) is 0. The first kappa shape index (κ1) is 17.0. The summed E-state index contributed by atoms with van der Waals surface area (Å²) in [5.41, 5.74) is 9.33. The molecule has 0 unspecified atom stereocenters. The Kier molecular flexibility index (Phi) is 7.38. The number of nitrogens with two attached hydrogens (primary N) is 1. The Morgan fingerprint density at radius 3 is 2.95 bits per heavy atom. The molecule has 0 bridgehead atoms. The van der Waals surface area contributed by atoms with Gasteiger partial charge < -0.3 is 15.7 Å². The van der Waals surface area contributed by atoms with E-state index in [4.69, 9.17) is 5.73 Å². The second-order valence-corrected chi connectivity index (χ2v) is 7.00. The van der Waals surface area contributed by atoms with Crippen molar-refractivity contribution in [1.82, 2.24) is 19.9 Å². The maximum absolute atomic E-state index is 5.90. The molecule has 0 atom stereocenters. The summed E-state index contributed by atoms with van der Waals surface area (Å²) in [6.45, 7) is 2.80. The molecule has 22 heavy (non-hydrogen) atoms. The number of nitrogens with zero attached hydrogens (tertiary/aromatic N) is 3. The zero-order chi connectivity index (χ0) is 15.6. The standard InChI is InChI=1S/C14H22N6S2/c1-11-13(20-10-18-11)8-21-6-4-17-14(15)22-5-2-3-12-7-16-9-19-12/h7,9-10H,2-6,8H2,1H3,(H2,15,17)(H,16,19)(H,18,20). The Bertz CT molecular complexity index is 564. The molecule has 0 aromatic carbocycles. The van der Waals surface area contributed by atoms with Crippen LogP contribution in [0.25, 0.3) is 0 Å². The van der Waals surface area contributed by atoms with Crippen LogP contribution in [0.3, 0.4) is 0 Å². The average molecular weight is 339 g/mol. The van der Waals surface area contributed by atoms with E-state index in [9.17, 15) is 0 Å². The number of H-pyrrole nitrogens is 2. The minimum atomic E-state index is 0.682. The summed E-state index contributed by atoms with van der Waals surface area (Å²) in [4.78, 5) is 18.8. The highest BCUT2D eigenvalue weighted by Gasteiger charge is 2.01. The molecule has 0 saturated heterocycles. The van der Waals surface area contributed by atoms with Crippen molar-refractivity contribution in [2.75, 3.05) is 18.1 Å². The summed E-state index contributed by atoms with van der Waals surface area (Å²) in [7, 11) is 0. The van der Waals surface area contributed by atoms with Crippen molar-refractivity contribution >= 4 is 28.7 Å². The lowest BCUT2D eigenvalue weighted by molar-refractivity contribution is 0.903. The van der Waals surface area contributed by atoms with Crippen molar-refractivity contribution < 1.29 is 0 Å². The maximum atomic E-state index is 5.90. The topological polar surface area (TPSA) is 95.7 Å². The average Bonchev–Trinajstić information content (AvgIpc) is 3.15. The fourth-order valence-corrected chi connectivity index (χ4v) is 3.36. The van der Waals surface area contributed by atoms with Gasteiger partial charge in [0.25, 0.3) is 0 Å². The van der Waals surface area contributed by atoms with Gasteiger partial charge in [-0.05, 0) is 19.8 Å². The lowest BCUT2D eigenvalue weighted by atomic mass is 10.3. The van der Waals surface area contributed by atoms with Gasteiger partial charge >= 0.3 is 0 Å². The van der Waals surface area contributed by atoms with Crippen molar-refractivity contribution in [3.05, 3.63) is 35.9 Å². The molecule has 0 amide bonds. The van der Waals surface area contributed by atoms with E-state index in [1.165, 1.54) is 5.69 Å². The van der Waals surface area contributed by atoms with Gasteiger partial charge in [-0.3, -0.25) is 4.99 Å². The third-order valence-electron chi connectivity index (χ3n) is 3.07. The number of hydrogen-bond acceptors (Lipinski definition) is 5. The molecule has 0 radical (unpaired) electrons. The lowest BCUT2D eigenvalue weighted by Crippen LogP contribution is -2.09. The zero-order valence-corrected chi connectivity index (χ0v) is 14.3. The number of aromatic nitrogens is 4. The van der Waals surface area contributed by atoms with Crippen LogP contribution in [0.1, 0.15) is 23.5 Å². The molecule has 0 aliphatic rings. The first-order chi connectivity index (χ1) is 10.8. The molecule has 120 valence electrons. The summed E-state index contributed by atoms with van der Waals surface area (Å²) in [5.74, 6) is 2.86. The minimum Gasteiger partial charge on any atom is -0.379 e. The molecule has 0 aliphatic heterocycles. The Hall–Kier alpha value is -1.41. The number of aryl methyl sites for hydroxylation is 2. The van der Waals surface area contributed by atoms with Gasteiger partial charge in [0, 0.05) is 34.8 Å². The molecule has 0 fully saturated rings. The van der Waals surface area contributed by atoms with Crippen molar-refractivity contribution in [3.8, 4) is 0 Å². The molecule has 8 heteroatoms. The summed E-state index contributed by atoms with van der Waals surface area (Å²) in [5, 5.41) is 0.682. The first-order valence-corrected chi connectivity index (χ1v) is 9.36. The predicted molar refractivity (Wildman–Crippen MR) is 95.3 cm³/mol. The number of amidine groups is 1. The van der Waals surface area contributed by atoms with Crippen LogP contribution in [0.15, 0.2) is 23.8 Å². The molecule has 6 nitrogen and oxygen atoms in total. The second-order valence-electron chi connectivity index (χ2n) is 4.78. The number of thioether (sulfide) groups is 2. The van der Waals surface area contributed by atoms with E-state index < -0.39 is 0 Å². The van der Waals surface area contributed by atoms with Crippen molar-refractivity contribution in [1.29, 1.82) is 0 Å². The van der Waals surface area contributed by atoms with Crippen LogP contribution in [-0.4, -0.2) is 43.2 Å². The maximum Gasteiger partial charge on any atom is 0.153 e. The van der Waals surface area contributed by atoms with Crippen LogP contribution in [0.2, 0.25) is 0 Å². The molecule has 2 rings (SSSR count). The molecule has 0 spiro atoms. The van der Waals surface area contributed by atoms with Gasteiger partial charge in [-0.15, -0.1) is 0 Å². The van der Waals surface area contributed by atoms with Gasteiger partial charge in [0.15, 0.2) is 5.17 Å². The van der Waals surface area contributed by atoms with E-state index in [-0.39, 0.29) is 0 Å². The zero-order valence-electron chi connectivity index (χ0n) is 12.7. The summed E-state index contributed by atoms with van der Waals surface area (Å²) in [6.07, 6.45) is 7.37. The van der Waals surface area contributed by atoms with Crippen LogP contribution in [0, 0.1) is 6.92 Å². The number of aromatic amines is 2. The highest BCUT2D eigenvalue weighted by Crippen LogP contribution is 2.12. The first-order valence-electron chi connectivity index (χ1n) is 7.22. The van der Waals surface area contributed by atoms with E-state index in [1.807, 2.05) is 24.9 Å². The highest BCUT2D eigenvalue weighted by atomic mass is 32.2. The Morgan fingerprint density at radius 1 is 1.32 bits per heavy atom. The van der Waals surface area contributed by atoms with E-state index in [1.54, 1.807) is 24.4 Å². The van der Waals surface area contributed by atoms with E-state index in [0.717, 1.165) is 48.0 Å². The molecular weight excluding hydrogens is 316 g/mol. The molecule has 2 aromatic heterocycles. The monoisotopic (exact) mass is 338 g/mol. The molecule has 0 saturated carbocycles. The van der Waals surface area contributed by atoms with Crippen molar-refractivity contribution in [2.45, 2.75) is 25.5 Å². The molecule has 2 heterocycles. The van der Waals surface area contributed by atoms with Crippen molar-refractivity contribution in [3.63, 3.8) is 0 Å². The van der Waals surface area contributed by atoms with Crippen LogP contribution < -0.4 is 5.73 Å². The molecule has 0 aliphatic carbocycles. The van der Waals surface area contributed by atoms with Gasteiger partial charge in [-0.25, -0.2) is 9.97 Å². The smallest absolute Gasteiger partial charge is 0.153 e. The Labute approximate surface area is 139 Å². The van der Waals surface area contributed by atoms with Crippen LogP contribution >= 0.6 is 23.5 Å². The predicted octanol–water partition coefficient (Wildman–Crippen LogP) is 2.36. The third kappa shape index (κ3) is 6.15. The van der Waals surface area contributed by atoms with Crippen LogP contribution in [-0.2, 0) is 12.2 Å². The third-order valence-corrected chi connectivity index (χ3v) is 4.94. The number of imidazole rings is 2. The second kappa shape index (κ2) is 9.58. The molecule has 4 N–H and O–H groups in total. The number of rotatable bonds is 9. The van der Waals surface area contributed by atoms with Gasteiger partial charge in [0.05, 0.1) is 24.9 Å². The number of hydrogen-bond donors (Lipinski definition) is 3.